The lowest BCUT2D eigenvalue weighted by atomic mass is 10.3. The van der Waals surface area contributed by atoms with E-state index < -0.39 is 10.0 Å². The van der Waals surface area contributed by atoms with Crippen LogP contribution in [0.15, 0.2) is 0 Å². The van der Waals surface area contributed by atoms with Gasteiger partial charge in [-0.25, -0.2) is 13.1 Å². The molecule has 1 aliphatic rings. The second kappa shape index (κ2) is 6.97. The number of thioether (sulfide) groups is 1. The van der Waals surface area contributed by atoms with Crippen LogP contribution in [0.4, 0.5) is 0 Å². The van der Waals surface area contributed by atoms with E-state index in [0.717, 1.165) is 25.8 Å². The Labute approximate surface area is 109 Å². The highest BCUT2D eigenvalue weighted by Crippen LogP contribution is 2.29. The van der Waals surface area contributed by atoms with Crippen molar-refractivity contribution >= 4 is 21.8 Å². The molecule has 2 N–H and O–H groups in total. The standard InChI is InChI=1S/C11H24N2O2S2/c1-4-12-8-9(2)17(14,15)13-10-6-5-7-11(10)16-3/h9-13H,4-8H2,1-3H3. The predicted molar refractivity (Wildman–Crippen MR) is 75.0 cm³/mol. The fourth-order valence-corrected chi connectivity index (χ4v) is 4.42. The van der Waals surface area contributed by atoms with Gasteiger partial charge >= 0.3 is 0 Å². The minimum atomic E-state index is -3.18. The topological polar surface area (TPSA) is 58.2 Å². The van der Waals surface area contributed by atoms with E-state index in [1.165, 1.54) is 0 Å². The molecule has 6 heteroatoms. The van der Waals surface area contributed by atoms with Crippen molar-refractivity contribution in [3.63, 3.8) is 0 Å². The van der Waals surface area contributed by atoms with Crippen LogP contribution >= 0.6 is 11.8 Å². The summed E-state index contributed by atoms with van der Waals surface area (Å²) in [5, 5.41) is 3.15. The van der Waals surface area contributed by atoms with Crippen molar-refractivity contribution in [1.29, 1.82) is 0 Å². The summed E-state index contributed by atoms with van der Waals surface area (Å²) < 4.78 is 27.1. The lowest BCUT2D eigenvalue weighted by Crippen LogP contribution is -2.45. The molecule has 1 saturated carbocycles. The summed E-state index contributed by atoms with van der Waals surface area (Å²) in [7, 11) is -3.18. The van der Waals surface area contributed by atoms with Gasteiger partial charge in [0.2, 0.25) is 10.0 Å². The largest absolute Gasteiger partial charge is 0.316 e. The van der Waals surface area contributed by atoms with Crippen LogP contribution in [0.3, 0.4) is 0 Å². The first-order chi connectivity index (χ1) is 8.01. The Morgan fingerprint density at radius 3 is 2.71 bits per heavy atom. The van der Waals surface area contributed by atoms with Gasteiger partial charge in [-0.05, 0) is 32.6 Å². The number of hydrogen-bond acceptors (Lipinski definition) is 4. The minimum absolute atomic E-state index is 0.124. The Hall–Kier alpha value is 0.220. The second-order valence-electron chi connectivity index (χ2n) is 4.59. The summed E-state index contributed by atoms with van der Waals surface area (Å²) in [4.78, 5) is 0. The molecule has 17 heavy (non-hydrogen) atoms. The van der Waals surface area contributed by atoms with E-state index in [4.69, 9.17) is 0 Å². The van der Waals surface area contributed by atoms with Crippen LogP contribution in [-0.4, -0.2) is 44.3 Å². The van der Waals surface area contributed by atoms with Gasteiger partial charge in [0.25, 0.3) is 0 Å². The molecular weight excluding hydrogens is 256 g/mol. The molecular formula is C11H24N2O2S2. The molecule has 0 aromatic heterocycles. The molecule has 0 aromatic rings. The van der Waals surface area contributed by atoms with Gasteiger partial charge in [-0.1, -0.05) is 13.3 Å². The van der Waals surface area contributed by atoms with Crippen molar-refractivity contribution in [1.82, 2.24) is 10.0 Å². The molecule has 0 amide bonds. The van der Waals surface area contributed by atoms with E-state index >= 15 is 0 Å². The molecule has 1 rings (SSSR count). The Morgan fingerprint density at radius 2 is 2.12 bits per heavy atom. The molecule has 0 heterocycles. The number of nitrogens with one attached hydrogen (secondary N) is 2. The average molecular weight is 280 g/mol. The highest BCUT2D eigenvalue weighted by atomic mass is 32.2. The third-order valence-electron chi connectivity index (χ3n) is 3.28. The molecule has 1 fully saturated rings. The first kappa shape index (κ1) is 15.3. The van der Waals surface area contributed by atoms with E-state index in [0.29, 0.717) is 11.8 Å². The third kappa shape index (κ3) is 4.43. The summed E-state index contributed by atoms with van der Waals surface area (Å²) in [5.41, 5.74) is 0. The Bertz CT molecular complexity index is 319. The molecule has 0 saturated heterocycles. The van der Waals surface area contributed by atoms with Gasteiger partial charge in [0.05, 0.1) is 5.25 Å². The monoisotopic (exact) mass is 280 g/mol. The molecule has 0 bridgehead atoms. The zero-order valence-corrected chi connectivity index (χ0v) is 12.5. The average Bonchev–Trinajstić information content (AvgIpc) is 2.72. The molecule has 3 unspecified atom stereocenters. The van der Waals surface area contributed by atoms with Gasteiger partial charge in [-0.2, -0.15) is 11.8 Å². The zero-order chi connectivity index (χ0) is 12.9. The second-order valence-corrected chi connectivity index (χ2v) is 7.80. The Morgan fingerprint density at radius 1 is 1.41 bits per heavy atom. The smallest absolute Gasteiger partial charge is 0.215 e. The number of hydrogen-bond donors (Lipinski definition) is 2. The SMILES string of the molecule is CCNCC(C)S(=O)(=O)NC1CCCC1SC. The van der Waals surface area contributed by atoms with Crippen LogP contribution < -0.4 is 10.0 Å². The van der Waals surface area contributed by atoms with E-state index in [1.54, 1.807) is 18.7 Å². The third-order valence-corrected chi connectivity index (χ3v) is 6.31. The van der Waals surface area contributed by atoms with Gasteiger partial charge in [-0.15, -0.1) is 0 Å². The number of sulfonamides is 1. The Kier molecular flexibility index (Phi) is 6.26. The van der Waals surface area contributed by atoms with Crippen molar-refractivity contribution in [2.24, 2.45) is 0 Å². The van der Waals surface area contributed by atoms with Crippen LogP contribution in [0, 0.1) is 0 Å². The maximum atomic E-state index is 12.1. The molecule has 1 aliphatic carbocycles. The maximum Gasteiger partial charge on any atom is 0.215 e. The van der Waals surface area contributed by atoms with E-state index in [-0.39, 0.29) is 11.3 Å². The normalized spacial score (nSPS) is 27.2. The molecule has 3 atom stereocenters. The van der Waals surface area contributed by atoms with Crippen molar-refractivity contribution in [3.8, 4) is 0 Å². The van der Waals surface area contributed by atoms with Crippen LogP contribution in [0.1, 0.15) is 33.1 Å². The highest BCUT2D eigenvalue weighted by molar-refractivity contribution is 7.99. The van der Waals surface area contributed by atoms with Gasteiger partial charge in [0, 0.05) is 17.8 Å². The maximum absolute atomic E-state index is 12.1. The van der Waals surface area contributed by atoms with Crippen molar-refractivity contribution in [2.75, 3.05) is 19.3 Å². The van der Waals surface area contributed by atoms with Gasteiger partial charge in [0.15, 0.2) is 0 Å². The summed E-state index contributed by atoms with van der Waals surface area (Å²) in [6.07, 6.45) is 5.27. The van der Waals surface area contributed by atoms with Crippen molar-refractivity contribution in [2.45, 2.75) is 49.7 Å². The summed E-state index contributed by atoms with van der Waals surface area (Å²) >= 11 is 1.77. The molecule has 0 spiro atoms. The number of rotatable bonds is 7. The fourth-order valence-electron chi connectivity index (χ4n) is 2.13. The molecule has 0 aromatic carbocycles. The quantitative estimate of drug-likeness (QED) is 0.735. The summed E-state index contributed by atoms with van der Waals surface area (Å²) in [6.45, 7) is 5.06. The van der Waals surface area contributed by atoms with Crippen LogP contribution in [-0.2, 0) is 10.0 Å². The van der Waals surface area contributed by atoms with Gasteiger partial charge < -0.3 is 5.32 Å². The van der Waals surface area contributed by atoms with E-state index in [2.05, 4.69) is 16.3 Å². The predicted octanol–water partition coefficient (Wildman–Crippen LogP) is 1.19. The fraction of sp³-hybridized carbons (Fsp3) is 1.00. The van der Waals surface area contributed by atoms with Crippen LogP contribution in [0.25, 0.3) is 0 Å². The molecule has 4 nitrogen and oxygen atoms in total. The molecule has 102 valence electrons. The highest BCUT2D eigenvalue weighted by Gasteiger charge is 2.32. The molecule has 0 aliphatic heterocycles. The lowest BCUT2D eigenvalue weighted by Gasteiger charge is -2.22. The van der Waals surface area contributed by atoms with Crippen molar-refractivity contribution in [3.05, 3.63) is 0 Å². The Balaban J connectivity index is 2.53. The van der Waals surface area contributed by atoms with Gasteiger partial charge in [0.1, 0.15) is 0 Å². The van der Waals surface area contributed by atoms with E-state index in [1.807, 2.05) is 6.92 Å². The lowest BCUT2D eigenvalue weighted by molar-refractivity contribution is 0.537. The van der Waals surface area contributed by atoms with Crippen molar-refractivity contribution < 1.29 is 8.42 Å². The van der Waals surface area contributed by atoms with Gasteiger partial charge in [-0.3, -0.25) is 0 Å². The van der Waals surface area contributed by atoms with Crippen LogP contribution in [0.5, 0.6) is 0 Å². The first-order valence-corrected chi connectivity index (χ1v) is 9.09. The minimum Gasteiger partial charge on any atom is -0.316 e. The summed E-state index contributed by atoms with van der Waals surface area (Å²) in [5.74, 6) is 0. The van der Waals surface area contributed by atoms with Crippen LogP contribution in [0.2, 0.25) is 0 Å². The zero-order valence-electron chi connectivity index (χ0n) is 10.9. The molecule has 0 radical (unpaired) electrons. The first-order valence-electron chi connectivity index (χ1n) is 6.26. The summed E-state index contributed by atoms with van der Waals surface area (Å²) in [6, 6.07) is 0.124. The van der Waals surface area contributed by atoms with E-state index in [9.17, 15) is 8.42 Å².